The second kappa shape index (κ2) is 12.4. The van der Waals surface area contributed by atoms with Gasteiger partial charge < -0.3 is 0 Å². The van der Waals surface area contributed by atoms with Crippen LogP contribution in [-0.4, -0.2) is 0 Å². The summed E-state index contributed by atoms with van der Waals surface area (Å²) in [7, 11) is 0. The molecule has 0 bridgehead atoms. The molecule has 3 rings (SSSR count). The molecule has 0 amide bonds. The first-order valence-corrected chi connectivity index (χ1v) is 12.4. The largest absolute Gasteiger partial charge is 0.416 e. The lowest BCUT2D eigenvalue weighted by molar-refractivity contribution is -0.137. The van der Waals surface area contributed by atoms with Crippen molar-refractivity contribution in [2.24, 2.45) is 17.8 Å². The summed E-state index contributed by atoms with van der Waals surface area (Å²) in [5.74, 6) is 2.01. The van der Waals surface area contributed by atoms with Gasteiger partial charge in [0, 0.05) is 0 Å². The highest BCUT2D eigenvalue weighted by Crippen LogP contribution is 2.41. The quantitative estimate of drug-likeness (QED) is 0.215. The van der Waals surface area contributed by atoms with Crippen LogP contribution < -0.4 is 0 Å². The molecule has 2 saturated carbocycles. The van der Waals surface area contributed by atoms with Gasteiger partial charge in [-0.15, -0.1) is 0 Å². The number of allylic oxidation sites excluding steroid dienone is 4. The fourth-order valence-electron chi connectivity index (χ4n) is 5.63. The third-order valence-electron chi connectivity index (χ3n) is 7.73. The molecule has 0 aliphatic heterocycles. The van der Waals surface area contributed by atoms with Crippen LogP contribution in [0.1, 0.15) is 94.1 Å². The molecule has 1 aromatic rings. The fourth-order valence-corrected chi connectivity index (χ4v) is 5.63. The summed E-state index contributed by atoms with van der Waals surface area (Å²) in [6, 6.07) is 7.25. The number of nitriles is 1. The Morgan fingerprint density at radius 1 is 0.848 bits per heavy atom. The average Bonchev–Trinajstić information content (AvgIpc) is 2.83. The van der Waals surface area contributed by atoms with E-state index in [0.717, 1.165) is 49.0 Å². The molecule has 0 N–H and O–H groups in total. The smallest absolute Gasteiger partial charge is 0.195 e. The van der Waals surface area contributed by atoms with Crippen LogP contribution in [0.4, 0.5) is 17.6 Å². The van der Waals surface area contributed by atoms with Crippen LogP contribution in [0.25, 0.3) is 0 Å². The molecule has 0 unspecified atom stereocenters. The summed E-state index contributed by atoms with van der Waals surface area (Å²) in [6.45, 7) is 0. The van der Waals surface area contributed by atoms with E-state index >= 15 is 0 Å². The SMILES string of the molecule is N#CC(F)=CC=CCCC1CCC(CCC2CCC(c3ccc(C(F)(F)F)cc3)CC2)CC1. The zero-order valence-corrected chi connectivity index (χ0v) is 19.3. The molecule has 5 heteroatoms. The topological polar surface area (TPSA) is 23.8 Å². The van der Waals surface area contributed by atoms with Crippen molar-refractivity contribution in [1.29, 1.82) is 5.26 Å². The number of benzene rings is 1. The van der Waals surface area contributed by atoms with Crippen LogP contribution in [0.5, 0.6) is 0 Å². The number of hydrogen-bond donors (Lipinski definition) is 0. The van der Waals surface area contributed by atoms with Gasteiger partial charge in [-0.05, 0) is 86.0 Å². The summed E-state index contributed by atoms with van der Waals surface area (Å²) in [5, 5.41) is 8.38. The number of halogens is 4. The Morgan fingerprint density at radius 3 is 1.88 bits per heavy atom. The number of hydrogen-bond acceptors (Lipinski definition) is 1. The van der Waals surface area contributed by atoms with Crippen LogP contribution in [0.15, 0.2) is 48.3 Å². The van der Waals surface area contributed by atoms with Crippen LogP contribution in [0.3, 0.4) is 0 Å². The first-order valence-electron chi connectivity index (χ1n) is 12.4. The van der Waals surface area contributed by atoms with Crippen molar-refractivity contribution in [2.75, 3.05) is 0 Å². The van der Waals surface area contributed by atoms with Gasteiger partial charge in [-0.25, -0.2) is 0 Å². The van der Waals surface area contributed by atoms with Gasteiger partial charge in [0.05, 0.1) is 5.56 Å². The Bertz CT molecular complexity index is 815. The minimum absolute atomic E-state index is 0.403. The number of nitrogens with zero attached hydrogens (tertiary/aromatic N) is 1. The predicted molar refractivity (Wildman–Crippen MR) is 124 cm³/mol. The second-order valence-electron chi connectivity index (χ2n) is 9.93. The lowest BCUT2D eigenvalue weighted by atomic mass is 9.74. The van der Waals surface area contributed by atoms with Crippen molar-refractivity contribution in [2.45, 2.75) is 89.1 Å². The summed E-state index contributed by atoms with van der Waals surface area (Å²) in [6.07, 6.45) is 14.9. The maximum Gasteiger partial charge on any atom is 0.416 e. The molecule has 0 atom stereocenters. The molecule has 1 nitrogen and oxygen atoms in total. The van der Waals surface area contributed by atoms with Gasteiger partial charge in [-0.1, -0.05) is 62.8 Å². The molecule has 180 valence electrons. The van der Waals surface area contributed by atoms with Crippen molar-refractivity contribution in [3.8, 4) is 6.07 Å². The third kappa shape index (κ3) is 8.32. The number of alkyl halides is 3. The van der Waals surface area contributed by atoms with Crippen molar-refractivity contribution < 1.29 is 17.6 Å². The minimum Gasteiger partial charge on any atom is -0.195 e. The standard InChI is InChI=1S/C28H35F4N/c29-27(20-33)5-3-1-2-4-21-6-8-22(9-7-21)10-11-23-12-14-24(15-13-23)25-16-18-26(19-17-25)28(30,31)32/h1,3,5,16-19,21-24H,2,4,6-15H2. The van der Waals surface area contributed by atoms with E-state index < -0.39 is 17.6 Å². The summed E-state index contributed by atoms with van der Waals surface area (Å²) >= 11 is 0. The van der Waals surface area contributed by atoms with E-state index in [1.807, 2.05) is 6.08 Å². The average molecular weight is 462 g/mol. The zero-order valence-electron chi connectivity index (χ0n) is 19.3. The first kappa shape index (κ1) is 25.5. The van der Waals surface area contributed by atoms with Gasteiger partial charge in [-0.2, -0.15) is 22.8 Å². The Morgan fingerprint density at radius 2 is 1.36 bits per heavy atom. The monoisotopic (exact) mass is 461 g/mol. The Balaban J connectivity index is 1.30. The van der Waals surface area contributed by atoms with Crippen LogP contribution >= 0.6 is 0 Å². The molecule has 0 heterocycles. The lowest BCUT2D eigenvalue weighted by Crippen LogP contribution is -2.18. The van der Waals surface area contributed by atoms with E-state index in [9.17, 15) is 17.6 Å². The second-order valence-corrected chi connectivity index (χ2v) is 9.93. The van der Waals surface area contributed by atoms with Gasteiger partial charge in [0.2, 0.25) is 0 Å². The highest BCUT2D eigenvalue weighted by molar-refractivity contribution is 5.27. The van der Waals surface area contributed by atoms with E-state index in [-0.39, 0.29) is 0 Å². The van der Waals surface area contributed by atoms with E-state index in [4.69, 9.17) is 5.26 Å². The van der Waals surface area contributed by atoms with E-state index in [2.05, 4.69) is 0 Å². The summed E-state index contributed by atoms with van der Waals surface area (Å²) in [5.41, 5.74) is 0.495. The van der Waals surface area contributed by atoms with Crippen LogP contribution in [-0.2, 0) is 6.18 Å². The zero-order chi connectivity index (χ0) is 23.7. The first-order chi connectivity index (χ1) is 15.8. The maximum atomic E-state index is 12.8. The van der Waals surface area contributed by atoms with Gasteiger partial charge in [0.25, 0.3) is 0 Å². The van der Waals surface area contributed by atoms with Crippen molar-refractivity contribution in [3.05, 3.63) is 59.4 Å². The molecule has 2 fully saturated rings. The van der Waals surface area contributed by atoms with Gasteiger partial charge in [0.1, 0.15) is 6.07 Å². The Kier molecular flexibility index (Phi) is 9.59. The van der Waals surface area contributed by atoms with Crippen molar-refractivity contribution in [1.82, 2.24) is 0 Å². The van der Waals surface area contributed by atoms with E-state index in [1.54, 1.807) is 18.2 Å². The molecule has 0 radical (unpaired) electrons. The van der Waals surface area contributed by atoms with E-state index in [0.29, 0.717) is 5.92 Å². The van der Waals surface area contributed by atoms with E-state index in [1.165, 1.54) is 75.6 Å². The molecule has 0 spiro atoms. The highest BCUT2D eigenvalue weighted by Gasteiger charge is 2.31. The minimum atomic E-state index is -4.26. The van der Waals surface area contributed by atoms with Crippen LogP contribution in [0, 0.1) is 29.1 Å². The van der Waals surface area contributed by atoms with Gasteiger partial charge in [0.15, 0.2) is 5.83 Å². The van der Waals surface area contributed by atoms with Crippen molar-refractivity contribution >= 4 is 0 Å². The molecule has 2 aliphatic rings. The summed E-state index contributed by atoms with van der Waals surface area (Å²) < 4.78 is 51.0. The van der Waals surface area contributed by atoms with Gasteiger partial charge in [-0.3, -0.25) is 0 Å². The molecule has 2 aliphatic carbocycles. The molecule has 0 saturated heterocycles. The predicted octanol–water partition coefficient (Wildman–Crippen LogP) is 9.28. The van der Waals surface area contributed by atoms with Crippen LogP contribution in [0.2, 0.25) is 0 Å². The Labute approximate surface area is 195 Å². The summed E-state index contributed by atoms with van der Waals surface area (Å²) in [4.78, 5) is 0. The number of rotatable bonds is 8. The molecular weight excluding hydrogens is 426 g/mol. The molecule has 1 aromatic carbocycles. The molecule has 0 aromatic heterocycles. The van der Waals surface area contributed by atoms with Gasteiger partial charge >= 0.3 is 6.18 Å². The lowest BCUT2D eigenvalue weighted by Gasteiger charge is -2.32. The maximum absolute atomic E-state index is 12.8. The molecule has 33 heavy (non-hydrogen) atoms. The Hall–Kier alpha value is -2.09. The third-order valence-corrected chi connectivity index (χ3v) is 7.73. The molecular formula is C28H35F4N. The highest BCUT2D eigenvalue weighted by atomic mass is 19.4. The normalized spacial score (nSPS) is 26.9. The fraction of sp³-hybridized carbons (Fsp3) is 0.607. The van der Waals surface area contributed by atoms with Crippen molar-refractivity contribution in [3.63, 3.8) is 0 Å².